The van der Waals surface area contributed by atoms with Crippen molar-refractivity contribution in [1.82, 2.24) is 4.90 Å². The van der Waals surface area contributed by atoms with Gasteiger partial charge in [-0.15, -0.1) is 0 Å². The molecule has 0 spiro atoms. The van der Waals surface area contributed by atoms with Gasteiger partial charge in [-0.25, -0.2) is 4.79 Å². The van der Waals surface area contributed by atoms with Crippen molar-refractivity contribution in [2.24, 2.45) is 0 Å². The summed E-state index contributed by atoms with van der Waals surface area (Å²) in [6.07, 6.45) is 4.94. The summed E-state index contributed by atoms with van der Waals surface area (Å²) >= 11 is 0. The van der Waals surface area contributed by atoms with E-state index in [0.717, 1.165) is 23.1 Å². The molecule has 0 amide bonds. The van der Waals surface area contributed by atoms with Crippen LogP contribution in [0.2, 0.25) is 0 Å². The van der Waals surface area contributed by atoms with E-state index < -0.39 is 0 Å². The van der Waals surface area contributed by atoms with Gasteiger partial charge in [-0.1, -0.05) is 30.3 Å². The topological polar surface area (TPSA) is 46.6 Å². The van der Waals surface area contributed by atoms with Gasteiger partial charge in [-0.3, -0.25) is 4.79 Å². The average molecular weight is 299 g/mol. The number of aryl methyl sites for hydroxylation is 1. The molecule has 4 heteroatoms. The molecule has 1 aliphatic rings. The first-order chi connectivity index (χ1) is 10.5. The van der Waals surface area contributed by atoms with Crippen LogP contribution in [0.4, 0.5) is 0 Å². The first-order valence-electron chi connectivity index (χ1n) is 7.42. The summed E-state index contributed by atoms with van der Waals surface area (Å²) in [6.45, 7) is 2.10. The highest BCUT2D eigenvalue weighted by atomic mass is 16.5. The Kier molecular flexibility index (Phi) is 5.15. The van der Waals surface area contributed by atoms with Gasteiger partial charge in [0.1, 0.15) is 5.70 Å². The predicted octanol–water partition coefficient (Wildman–Crippen LogP) is 2.75. The van der Waals surface area contributed by atoms with Gasteiger partial charge >= 0.3 is 5.97 Å². The van der Waals surface area contributed by atoms with Crippen LogP contribution in [0.5, 0.6) is 0 Å². The fourth-order valence-electron chi connectivity index (χ4n) is 2.46. The molecule has 1 aliphatic carbocycles. The molecule has 0 saturated carbocycles. The van der Waals surface area contributed by atoms with Gasteiger partial charge in [0.15, 0.2) is 5.78 Å². The molecule has 0 unspecified atom stereocenters. The summed E-state index contributed by atoms with van der Waals surface area (Å²) in [7, 11) is 3.55. The molecule has 0 heterocycles. The molecule has 1 aromatic rings. The number of carbonyl (C=O) groups is 2. The molecule has 0 aromatic heterocycles. The fourth-order valence-corrected chi connectivity index (χ4v) is 2.46. The van der Waals surface area contributed by atoms with Crippen molar-refractivity contribution in [3.8, 4) is 0 Å². The van der Waals surface area contributed by atoms with Crippen LogP contribution >= 0.6 is 0 Å². The summed E-state index contributed by atoms with van der Waals surface area (Å²) in [5.74, 6) is -0.340. The highest BCUT2D eigenvalue weighted by Gasteiger charge is 2.21. The van der Waals surface area contributed by atoms with Gasteiger partial charge in [-0.2, -0.15) is 0 Å². The predicted molar refractivity (Wildman–Crippen MR) is 85.6 cm³/mol. The lowest BCUT2D eigenvalue weighted by molar-refractivity contribution is -0.140. The fraction of sp³-hybridized carbons (Fsp3) is 0.333. The van der Waals surface area contributed by atoms with Crippen LogP contribution in [0.3, 0.4) is 0 Å². The monoisotopic (exact) mass is 299 g/mol. The minimum Gasteiger partial charge on any atom is -0.461 e. The smallest absolute Gasteiger partial charge is 0.354 e. The number of ketones is 1. The number of esters is 1. The summed E-state index contributed by atoms with van der Waals surface area (Å²) in [5, 5.41) is 0. The third-order valence-corrected chi connectivity index (χ3v) is 3.63. The Balaban J connectivity index is 2.27. The zero-order valence-corrected chi connectivity index (χ0v) is 13.3. The van der Waals surface area contributed by atoms with Gasteiger partial charge in [0.2, 0.25) is 0 Å². The molecule has 22 heavy (non-hydrogen) atoms. The van der Waals surface area contributed by atoms with Crippen LogP contribution in [0.25, 0.3) is 0 Å². The molecule has 0 atom stereocenters. The van der Waals surface area contributed by atoms with Gasteiger partial charge in [0.25, 0.3) is 0 Å². The Morgan fingerprint density at radius 1 is 1.27 bits per heavy atom. The van der Waals surface area contributed by atoms with Crippen molar-refractivity contribution in [2.75, 3.05) is 20.7 Å². The molecule has 0 aliphatic heterocycles. The second kappa shape index (κ2) is 7.07. The first-order valence-corrected chi connectivity index (χ1v) is 7.42. The number of allylic oxidation sites excluding steroid dienone is 3. The standard InChI is InChI=1S/C18H21NO3/c1-4-22-18(21)16(19(2)3)12-11-14-10-9-13-7-5-6-8-15(13)17(14)20/h5-8,11-12H,4,9-10H2,1-3H3. The summed E-state index contributed by atoms with van der Waals surface area (Å²) in [4.78, 5) is 26.0. The van der Waals surface area contributed by atoms with Gasteiger partial charge in [0, 0.05) is 25.2 Å². The third kappa shape index (κ3) is 3.45. The van der Waals surface area contributed by atoms with E-state index in [1.807, 2.05) is 24.3 Å². The number of carbonyl (C=O) groups excluding carboxylic acids is 2. The lowest BCUT2D eigenvalue weighted by Crippen LogP contribution is -2.21. The highest BCUT2D eigenvalue weighted by molar-refractivity contribution is 6.10. The van der Waals surface area contributed by atoms with Crippen molar-refractivity contribution in [3.05, 3.63) is 58.8 Å². The van der Waals surface area contributed by atoms with E-state index in [9.17, 15) is 9.59 Å². The van der Waals surface area contributed by atoms with Gasteiger partial charge in [-0.05, 0) is 31.4 Å². The van der Waals surface area contributed by atoms with E-state index in [0.29, 0.717) is 18.7 Å². The molecule has 0 bridgehead atoms. The number of rotatable bonds is 4. The van der Waals surface area contributed by atoms with E-state index in [4.69, 9.17) is 4.74 Å². The number of likely N-dealkylation sites (N-methyl/N-ethyl adjacent to an activating group) is 1. The van der Waals surface area contributed by atoms with Crippen molar-refractivity contribution < 1.29 is 14.3 Å². The summed E-state index contributed by atoms with van der Waals surface area (Å²) in [6, 6.07) is 7.67. The van der Waals surface area contributed by atoms with Crippen molar-refractivity contribution >= 4 is 11.8 Å². The highest BCUT2D eigenvalue weighted by Crippen LogP contribution is 2.25. The number of benzene rings is 1. The van der Waals surface area contributed by atoms with E-state index >= 15 is 0 Å². The Bertz CT molecular complexity index is 641. The zero-order chi connectivity index (χ0) is 16.1. The molecule has 0 radical (unpaired) electrons. The van der Waals surface area contributed by atoms with Crippen LogP contribution in [0, 0.1) is 0 Å². The van der Waals surface area contributed by atoms with Gasteiger partial charge in [0.05, 0.1) is 6.61 Å². The lowest BCUT2D eigenvalue weighted by atomic mass is 9.87. The van der Waals surface area contributed by atoms with Crippen LogP contribution < -0.4 is 0 Å². The molecule has 0 N–H and O–H groups in total. The van der Waals surface area contributed by atoms with Crippen LogP contribution in [-0.4, -0.2) is 37.4 Å². The van der Waals surface area contributed by atoms with Crippen LogP contribution in [-0.2, 0) is 16.0 Å². The third-order valence-electron chi connectivity index (χ3n) is 3.63. The molecular weight excluding hydrogens is 278 g/mol. The Labute approximate surface area is 131 Å². The minimum atomic E-state index is -0.381. The van der Waals surface area contributed by atoms with Crippen LogP contribution in [0.1, 0.15) is 29.3 Å². The quantitative estimate of drug-likeness (QED) is 0.633. The second-order valence-corrected chi connectivity index (χ2v) is 5.34. The van der Waals surface area contributed by atoms with Crippen LogP contribution in [0.15, 0.2) is 47.7 Å². The molecule has 1 aromatic carbocycles. The largest absolute Gasteiger partial charge is 0.461 e. The molecule has 116 valence electrons. The zero-order valence-electron chi connectivity index (χ0n) is 13.3. The van der Waals surface area contributed by atoms with Gasteiger partial charge < -0.3 is 9.64 Å². The maximum Gasteiger partial charge on any atom is 0.354 e. The average Bonchev–Trinajstić information content (AvgIpc) is 2.50. The van der Waals surface area contributed by atoms with E-state index in [1.54, 1.807) is 38.1 Å². The maximum atomic E-state index is 12.5. The Morgan fingerprint density at radius 2 is 2.00 bits per heavy atom. The Hall–Kier alpha value is -2.36. The molecule has 2 rings (SSSR count). The molecular formula is C18H21NO3. The number of nitrogens with zero attached hydrogens (tertiary/aromatic N) is 1. The normalized spacial score (nSPS) is 16.4. The maximum absolute atomic E-state index is 12.5. The molecule has 4 nitrogen and oxygen atoms in total. The number of fused-ring (bicyclic) bond motifs is 1. The van der Waals surface area contributed by atoms with Crippen molar-refractivity contribution in [3.63, 3.8) is 0 Å². The summed E-state index contributed by atoms with van der Waals surface area (Å²) in [5.41, 5.74) is 3.01. The van der Waals surface area contributed by atoms with E-state index in [2.05, 4.69) is 0 Å². The second-order valence-electron chi connectivity index (χ2n) is 5.34. The minimum absolute atomic E-state index is 0.0417. The first kappa shape index (κ1) is 16.0. The number of hydrogen-bond acceptors (Lipinski definition) is 4. The van der Waals surface area contributed by atoms with E-state index in [1.165, 1.54) is 0 Å². The lowest BCUT2D eigenvalue weighted by Gasteiger charge is -2.18. The summed E-state index contributed by atoms with van der Waals surface area (Å²) < 4.78 is 5.03. The number of Topliss-reactive ketones (excluding diaryl/α,β-unsaturated/α-hetero) is 1. The number of ether oxygens (including phenoxy) is 1. The van der Waals surface area contributed by atoms with Crippen molar-refractivity contribution in [2.45, 2.75) is 19.8 Å². The molecule has 0 fully saturated rings. The number of hydrogen-bond donors (Lipinski definition) is 0. The SMILES string of the molecule is CCOC(=O)C(=CC=C1CCc2ccccc2C1=O)N(C)C. The van der Waals surface area contributed by atoms with E-state index in [-0.39, 0.29) is 11.8 Å². The molecule has 0 saturated heterocycles. The Morgan fingerprint density at radius 3 is 2.68 bits per heavy atom. The van der Waals surface area contributed by atoms with Crippen molar-refractivity contribution in [1.29, 1.82) is 0 Å².